The Labute approximate surface area is 175 Å². The summed E-state index contributed by atoms with van der Waals surface area (Å²) < 4.78 is 2.21. The number of aromatic nitrogens is 2. The van der Waals surface area contributed by atoms with Gasteiger partial charge in [-0.3, -0.25) is 4.79 Å². The Kier molecular flexibility index (Phi) is 5.21. The fraction of sp³-hybridized carbons (Fsp3) is 0.833. The summed E-state index contributed by atoms with van der Waals surface area (Å²) in [5.41, 5.74) is 0.431. The van der Waals surface area contributed by atoms with Crippen LogP contribution in [0.15, 0.2) is 12.4 Å². The Hall–Kier alpha value is -1.36. The first-order valence-corrected chi connectivity index (χ1v) is 12.1. The largest absolute Gasteiger partial charge is 0.336 e. The molecular weight excluding hydrogens is 360 g/mol. The van der Waals surface area contributed by atoms with Crippen molar-refractivity contribution in [3.8, 4) is 0 Å². The minimum absolute atomic E-state index is 0.151. The molecule has 1 aromatic rings. The van der Waals surface area contributed by atoms with E-state index in [9.17, 15) is 4.79 Å². The van der Waals surface area contributed by atoms with Crippen LogP contribution in [-0.2, 0) is 6.54 Å². The van der Waals surface area contributed by atoms with Crippen LogP contribution in [0, 0.1) is 23.2 Å². The third-order valence-electron chi connectivity index (χ3n) is 8.66. The van der Waals surface area contributed by atoms with Crippen LogP contribution in [0.5, 0.6) is 0 Å². The summed E-state index contributed by atoms with van der Waals surface area (Å²) in [6, 6.07) is 0.626. The number of carbonyl (C=O) groups excluding carboxylic acids is 1. The number of amides is 1. The smallest absolute Gasteiger partial charge is 0.289 e. The number of hydrogen-bond donors (Lipinski definition) is 0. The van der Waals surface area contributed by atoms with Crippen LogP contribution in [0.1, 0.15) is 75.8 Å². The number of hydrogen-bond acceptors (Lipinski definition) is 3. The zero-order chi connectivity index (χ0) is 20.0. The molecule has 0 radical (unpaired) electrons. The molecule has 2 heterocycles. The summed E-state index contributed by atoms with van der Waals surface area (Å²) in [4.78, 5) is 22.4. The molecule has 4 aliphatic carbocycles. The first-order chi connectivity index (χ1) is 14.1. The molecule has 5 nitrogen and oxygen atoms in total. The molecule has 4 saturated carbocycles. The molecular formula is C24H38N4O. The highest BCUT2D eigenvalue weighted by atomic mass is 16.2. The van der Waals surface area contributed by atoms with Crippen molar-refractivity contribution in [2.75, 3.05) is 26.2 Å². The van der Waals surface area contributed by atoms with E-state index < -0.39 is 0 Å². The Morgan fingerprint density at radius 3 is 2.21 bits per heavy atom. The minimum atomic E-state index is 0.151. The van der Waals surface area contributed by atoms with E-state index in [0.29, 0.717) is 17.3 Å². The molecule has 1 saturated heterocycles. The second-order valence-electron chi connectivity index (χ2n) is 10.5. The fourth-order valence-corrected chi connectivity index (χ4v) is 7.80. The topological polar surface area (TPSA) is 41.4 Å². The molecule has 1 aliphatic heterocycles. The summed E-state index contributed by atoms with van der Waals surface area (Å²) in [5.74, 6) is 3.67. The van der Waals surface area contributed by atoms with Crippen LogP contribution in [-0.4, -0.2) is 57.5 Å². The summed E-state index contributed by atoms with van der Waals surface area (Å²) in [6.45, 7) is 9.42. The van der Waals surface area contributed by atoms with Gasteiger partial charge in [0.25, 0.3) is 5.91 Å². The van der Waals surface area contributed by atoms with E-state index in [1.54, 1.807) is 0 Å². The maximum Gasteiger partial charge on any atom is 0.289 e. The van der Waals surface area contributed by atoms with Gasteiger partial charge in [0.1, 0.15) is 0 Å². The molecule has 160 valence electrons. The van der Waals surface area contributed by atoms with Crippen molar-refractivity contribution in [2.45, 2.75) is 77.8 Å². The van der Waals surface area contributed by atoms with Crippen LogP contribution in [0.3, 0.4) is 0 Å². The summed E-state index contributed by atoms with van der Waals surface area (Å²) in [7, 11) is 0. The van der Waals surface area contributed by atoms with Gasteiger partial charge in [0.2, 0.25) is 0 Å². The molecule has 5 fully saturated rings. The number of rotatable bonds is 6. The van der Waals surface area contributed by atoms with E-state index in [1.165, 1.54) is 38.5 Å². The molecule has 4 bridgehead atoms. The number of carbonyl (C=O) groups is 1. The fourth-order valence-electron chi connectivity index (χ4n) is 7.80. The first-order valence-electron chi connectivity index (χ1n) is 12.1. The minimum Gasteiger partial charge on any atom is -0.336 e. The third-order valence-corrected chi connectivity index (χ3v) is 8.66. The van der Waals surface area contributed by atoms with Crippen molar-refractivity contribution in [3.05, 3.63) is 18.2 Å². The van der Waals surface area contributed by atoms with E-state index in [4.69, 9.17) is 0 Å². The van der Waals surface area contributed by atoms with Gasteiger partial charge >= 0.3 is 0 Å². The molecule has 0 spiro atoms. The van der Waals surface area contributed by atoms with Crippen molar-refractivity contribution in [3.63, 3.8) is 0 Å². The molecule has 6 rings (SSSR count). The zero-order valence-electron chi connectivity index (χ0n) is 18.4. The van der Waals surface area contributed by atoms with Crippen molar-refractivity contribution < 1.29 is 4.79 Å². The van der Waals surface area contributed by atoms with Crippen LogP contribution in [0.4, 0.5) is 0 Å². The maximum absolute atomic E-state index is 13.3. The molecule has 5 heteroatoms. The lowest BCUT2D eigenvalue weighted by atomic mass is 9.49. The molecule has 1 amide bonds. The Morgan fingerprint density at radius 1 is 1.07 bits per heavy atom. The lowest BCUT2D eigenvalue weighted by molar-refractivity contribution is -0.0621. The van der Waals surface area contributed by atoms with E-state index >= 15 is 0 Å². The average molecular weight is 399 g/mol. The number of piperidine rings is 1. The number of nitrogens with zero attached hydrogens (tertiary/aromatic N) is 4. The zero-order valence-corrected chi connectivity index (χ0v) is 18.4. The molecule has 0 aromatic carbocycles. The van der Waals surface area contributed by atoms with Crippen LogP contribution < -0.4 is 0 Å². The first kappa shape index (κ1) is 19.6. The highest BCUT2D eigenvalue weighted by Crippen LogP contribution is 2.60. The van der Waals surface area contributed by atoms with E-state index in [-0.39, 0.29) is 5.91 Å². The lowest BCUT2D eigenvalue weighted by Crippen LogP contribution is -2.49. The van der Waals surface area contributed by atoms with E-state index in [0.717, 1.165) is 63.3 Å². The standard InChI is InChI=1S/C24H38N4O/c1-3-26(4-2)21-5-8-27(9-6-21)23(29)22-25-7-10-28(22)17-24-14-18-11-19(15-24)13-20(12-18)16-24/h7,10,18-21H,3-6,8-9,11-17H2,1-2H3. The van der Waals surface area contributed by atoms with Gasteiger partial charge in [0.15, 0.2) is 5.82 Å². The van der Waals surface area contributed by atoms with Gasteiger partial charge in [-0.25, -0.2) is 4.98 Å². The molecule has 0 N–H and O–H groups in total. The average Bonchev–Trinajstić information content (AvgIpc) is 3.15. The van der Waals surface area contributed by atoms with Gasteiger partial charge in [0.05, 0.1) is 0 Å². The second-order valence-corrected chi connectivity index (χ2v) is 10.5. The normalized spacial score (nSPS) is 34.3. The van der Waals surface area contributed by atoms with E-state index in [2.05, 4.69) is 39.4 Å². The van der Waals surface area contributed by atoms with E-state index in [1.807, 2.05) is 6.20 Å². The van der Waals surface area contributed by atoms with Crippen LogP contribution in [0.2, 0.25) is 0 Å². The highest BCUT2D eigenvalue weighted by Gasteiger charge is 2.51. The summed E-state index contributed by atoms with van der Waals surface area (Å²) in [5, 5.41) is 0. The number of imidazole rings is 1. The SMILES string of the molecule is CCN(CC)C1CCN(C(=O)c2nccn2CC23CC4CC(CC(C4)C2)C3)CC1. The molecule has 1 aromatic heterocycles. The van der Waals surface area contributed by atoms with Crippen molar-refractivity contribution >= 4 is 5.91 Å². The van der Waals surface area contributed by atoms with Crippen LogP contribution in [0.25, 0.3) is 0 Å². The predicted octanol–water partition coefficient (Wildman–Crippen LogP) is 4.05. The van der Waals surface area contributed by atoms with Crippen molar-refractivity contribution in [1.82, 2.24) is 19.4 Å². The Morgan fingerprint density at radius 2 is 1.66 bits per heavy atom. The third kappa shape index (κ3) is 3.64. The molecule has 0 atom stereocenters. The van der Waals surface area contributed by atoms with Gasteiger partial charge in [-0.05, 0) is 87.6 Å². The highest BCUT2D eigenvalue weighted by molar-refractivity contribution is 5.90. The lowest BCUT2D eigenvalue weighted by Gasteiger charge is -2.57. The molecule has 0 unspecified atom stereocenters. The van der Waals surface area contributed by atoms with Gasteiger partial charge in [-0.15, -0.1) is 0 Å². The second kappa shape index (κ2) is 7.72. The Bertz CT molecular complexity index is 694. The van der Waals surface area contributed by atoms with Crippen molar-refractivity contribution in [1.29, 1.82) is 0 Å². The number of likely N-dealkylation sites (tertiary alicyclic amines) is 1. The van der Waals surface area contributed by atoms with Gasteiger partial charge in [-0.2, -0.15) is 0 Å². The monoisotopic (exact) mass is 398 g/mol. The van der Waals surface area contributed by atoms with Crippen LogP contribution >= 0.6 is 0 Å². The quantitative estimate of drug-likeness (QED) is 0.726. The molecule has 29 heavy (non-hydrogen) atoms. The summed E-state index contributed by atoms with van der Waals surface area (Å²) in [6.07, 6.45) is 14.6. The molecule has 5 aliphatic rings. The summed E-state index contributed by atoms with van der Waals surface area (Å²) >= 11 is 0. The Balaban J connectivity index is 1.26. The van der Waals surface area contributed by atoms with Gasteiger partial charge in [-0.1, -0.05) is 13.8 Å². The van der Waals surface area contributed by atoms with Crippen molar-refractivity contribution in [2.24, 2.45) is 23.2 Å². The van der Waals surface area contributed by atoms with Gasteiger partial charge in [0, 0.05) is 38.1 Å². The predicted molar refractivity (Wildman–Crippen MR) is 115 cm³/mol. The van der Waals surface area contributed by atoms with Gasteiger partial charge < -0.3 is 14.4 Å². The maximum atomic E-state index is 13.3.